The van der Waals surface area contributed by atoms with Crippen molar-refractivity contribution < 1.29 is 15.3 Å². The molecule has 1 unspecified atom stereocenters. The van der Waals surface area contributed by atoms with Gasteiger partial charge in [-0.1, -0.05) is 117 Å². The van der Waals surface area contributed by atoms with Crippen LogP contribution in [0.25, 0.3) is 0 Å². The largest absolute Gasteiger partial charge is 0.504 e. The maximum atomic E-state index is 10.8. The van der Waals surface area contributed by atoms with Gasteiger partial charge in [0.05, 0.1) is 0 Å². The summed E-state index contributed by atoms with van der Waals surface area (Å²) >= 11 is 3.45. The molecule has 1 atom stereocenters. The summed E-state index contributed by atoms with van der Waals surface area (Å²) in [5.41, 5.74) is 3.43. The van der Waals surface area contributed by atoms with Gasteiger partial charge in [0.25, 0.3) is 0 Å². The van der Waals surface area contributed by atoms with Crippen LogP contribution in [0.4, 0.5) is 0 Å². The van der Waals surface area contributed by atoms with Crippen molar-refractivity contribution in [3.8, 4) is 17.2 Å². The Balaban J connectivity index is 1.80. The second kappa shape index (κ2) is 13.4. The van der Waals surface area contributed by atoms with Crippen LogP contribution in [0.15, 0.2) is 65.1 Å². The first kappa shape index (κ1) is 26.2. The highest BCUT2D eigenvalue weighted by Gasteiger charge is 2.24. The Bertz CT molecular complexity index is 1020. The topological polar surface area (TPSA) is 60.7 Å². The van der Waals surface area contributed by atoms with Gasteiger partial charge >= 0.3 is 0 Å². The first-order chi connectivity index (χ1) is 16.5. The summed E-state index contributed by atoms with van der Waals surface area (Å²) in [5, 5.41) is 32.0. The number of hydrogen-bond acceptors (Lipinski definition) is 3. The molecule has 3 N–H and O–H groups in total. The predicted octanol–water partition coefficient (Wildman–Crippen LogP) is 8.82. The van der Waals surface area contributed by atoms with E-state index in [0.29, 0.717) is 17.5 Å². The quantitative estimate of drug-likeness (QED) is 0.154. The monoisotopic (exact) mass is 524 g/mol. The second-order valence-electron chi connectivity index (χ2n) is 9.20. The summed E-state index contributed by atoms with van der Waals surface area (Å²) in [6.07, 6.45) is 11.3. The van der Waals surface area contributed by atoms with Crippen LogP contribution in [0.1, 0.15) is 92.9 Å². The molecular formula is C30H37BrO3. The third-order valence-corrected chi connectivity index (χ3v) is 7.12. The predicted molar refractivity (Wildman–Crippen MR) is 144 cm³/mol. The summed E-state index contributed by atoms with van der Waals surface area (Å²) in [7, 11) is 0. The molecule has 34 heavy (non-hydrogen) atoms. The highest BCUT2D eigenvalue weighted by molar-refractivity contribution is 9.10. The van der Waals surface area contributed by atoms with Gasteiger partial charge in [-0.05, 0) is 35.7 Å². The average Bonchev–Trinajstić information content (AvgIpc) is 2.86. The molecular weight excluding hydrogens is 488 g/mol. The van der Waals surface area contributed by atoms with Crippen molar-refractivity contribution in [1.29, 1.82) is 0 Å². The number of phenolic OH excluding ortho intramolecular Hbond substituents is 3. The van der Waals surface area contributed by atoms with Crippen molar-refractivity contribution >= 4 is 15.9 Å². The molecule has 3 rings (SSSR count). The Hall–Kier alpha value is -2.46. The van der Waals surface area contributed by atoms with Crippen LogP contribution < -0.4 is 0 Å². The first-order valence-electron chi connectivity index (χ1n) is 12.6. The summed E-state index contributed by atoms with van der Waals surface area (Å²) in [5.74, 6) is -0.938. The van der Waals surface area contributed by atoms with E-state index < -0.39 is 5.75 Å². The van der Waals surface area contributed by atoms with E-state index in [4.69, 9.17) is 0 Å². The zero-order valence-electron chi connectivity index (χ0n) is 20.1. The fourth-order valence-electron chi connectivity index (χ4n) is 4.62. The molecule has 0 aromatic heterocycles. The van der Waals surface area contributed by atoms with Gasteiger partial charge in [-0.15, -0.1) is 0 Å². The lowest BCUT2D eigenvalue weighted by Crippen LogP contribution is -2.04. The molecule has 3 nitrogen and oxygen atoms in total. The molecule has 0 heterocycles. The van der Waals surface area contributed by atoms with Gasteiger partial charge in [0.2, 0.25) is 5.75 Å². The molecule has 0 aliphatic heterocycles. The molecule has 182 valence electrons. The Morgan fingerprint density at radius 1 is 0.706 bits per heavy atom. The van der Waals surface area contributed by atoms with E-state index in [0.717, 1.165) is 34.9 Å². The van der Waals surface area contributed by atoms with E-state index in [9.17, 15) is 15.3 Å². The Morgan fingerprint density at radius 3 is 1.97 bits per heavy atom. The van der Waals surface area contributed by atoms with Crippen LogP contribution in [0.3, 0.4) is 0 Å². The molecule has 0 fully saturated rings. The maximum absolute atomic E-state index is 10.8. The highest BCUT2D eigenvalue weighted by Crippen LogP contribution is 2.46. The molecule has 0 saturated carbocycles. The van der Waals surface area contributed by atoms with Crippen LogP contribution >= 0.6 is 15.9 Å². The lowest BCUT2D eigenvalue weighted by Gasteiger charge is -2.22. The molecule has 0 aliphatic rings. The Labute approximate surface area is 212 Å². The Kier molecular flexibility index (Phi) is 10.3. The molecule has 4 heteroatoms. The van der Waals surface area contributed by atoms with Crippen LogP contribution in [-0.4, -0.2) is 15.3 Å². The van der Waals surface area contributed by atoms with Crippen molar-refractivity contribution in [2.75, 3.05) is 0 Å². The minimum atomic E-state index is -0.429. The summed E-state index contributed by atoms with van der Waals surface area (Å²) in [4.78, 5) is 0. The van der Waals surface area contributed by atoms with Crippen LogP contribution in [0.2, 0.25) is 0 Å². The number of rotatable bonds is 13. The number of unbranched alkanes of at least 4 members (excludes halogenated alkanes) is 7. The molecule has 0 saturated heterocycles. The van der Waals surface area contributed by atoms with E-state index >= 15 is 0 Å². The molecule has 0 spiro atoms. The summed E-state index contributed by atoms with van der Waals surface area (Å²) in [6.45, 7) is 2.24. The van der Waals surface area contributed by atoms with E-state index in [1.54, 1.807) is 0 Å². The SMILES string of the molecule is CCCCCCCCCCC(c1ccccc1)c1cc(Cc2ccc(Br)cc2)c(O)c(O)c1O. The molecule has 0 bridgehead atoms. The molecule has 3 aromatic rings. The number of phenols is 3. The number of aromatic hydroxyl groups is 3. The number of benzene rings is 3. The van der Waals surface area contributed by atoms with E-state index in [1.165, 1.54) is 38.5 Å². The highest BCUT2D eigenvalue weighted by atomic mass is 79.9. The molecule has 3 aromatic carbocycles. The van der Waals surface area contributed by atoms with E-state index in [-0.39, 0.29) is 17.4 Å². The third kappa shape index (κ3) is 7.27. The summed E-state index contributed by atoms with van der Waals surface area (Å²) < 4.78 is 0.990. The minimum absolute atomic E-state index is 0.0449. The van der Waals surface area contributed by atoms with E-state index in [1.807, 2.05) is 48.5 Å². The van der Waals surface area contributed by atoms with Crippen molar-refractivity contribution in [3.63, 3.8) is 0 Å². The standard InChI is InChI=1S/C30H37BrO3/c1-2-3-4-5-6-7-8-12-15-26(23-13-10-9-11-14-23)27-21-24(28(32)30(34)29(27)33)20-22-16-18-25(31)19-17-22/h9-11,13-14,16-19,21,26,32-34H,2-8,12,15,20H2,1H3. The fourth-order valence-corrected chi connectivity index (χ4v) is 4.88. The summed E-state index contributed by atoms with van der Waals surface area (Å²) in [6, 6.07) is 19.9. The van der Waals surface area contributed by atoms with Crippen LogP contribution in [-0.2, 0) is 6.42 Å². The normalized spacial score (nSPS) is 12.1. The van der Waals surface area contributed by atoms with Gasteiger partial charge in [0, 0.05) is 27.9 Å². The van der Waals surface area contributed by atoms with Gasteiger partial charge in [-0.25, -0.2) is 0 Å². The van der Waals surface area contributed by atoms with Gasteiger partial charge in [-0.3, -0.25) is 0 Å². The third-order valence-electron chi connectivity index (χ3n) is 6.59. The number of halogens is 1. The van der Waals surface area contributed by atoms with Gasteiger partial charge in [0.1, 0.15) is 0 Å². The first-order valence-corrected chi connectivity index (χ1v) is 13.4. The molecule has 0 amide bonds. The van der Waals surface area contributed by atoms with Gasteiger partial charge < -0.3 is 15.3 Å². The Morgan fingerprint density at radius 2 is 1.32 bits per heavy atom. The van der Waals surface area contributed by atoms with Crippen LogP contribution in [0.5, 0.6) is 17.2 Å². The molecule has 0 aliphatic carbocycles. The number of hydrogen-bond donors (Lipinski definition) is 3. The lowest BCUT2D eigenvalue weighted by atomic mass is 9.84. The smallest absolute Gasteiger partial charge is 0.200 e. The fraction of sp³-hybridized carbons (Fsp3) is 0.400. The van der Waals surface area contributed by atoms with Crippen molar-refractivity contribution in [3.05, 3.63) is 87.4 Å². The zero-order chi connectivity index (χ0) is 24.3. The van der Waals surface area contributed by atoms with Crippen molar-refractivity contribution in [1.82, 2.24) is 0 Å². The van der Waals surface area contributed by atoms with Gasteiger partial charge in [0.15, 0.2) is 11.5 Å². The van der Waals surface area contributed by atoms with E-state index in [2.05, 4.69) is 35.0 Å². The minimum Gasteiger partial charge on any atom is -0.504 e. The lowest BCUT2D eigenvalue weighted by molar-refractivity contribution is 0.360. The van der Waals surface area contributed by atoms with Gasteiger partial charge in [-0.2, -0.15) is 0 Å². The molecule has 0 radical (unpaired) electrons. The maximum Gasteiger partial charge on any atom is 0.200 e. The van der Waals surface area contributed by atoms with Crippen LogP contribution in [0, 0.1) is 0 Å². The average molecular weight is 526 g/mol. The zero-order valence-corrected chi connectivity index (χ0v) is 21.7. The van der Waals surface area contributed by atoms with Crippen molar-refractivity contribution in [2.24, 2.45) is 0 Å². The second-order valence-corrected chi connectivity index (χ2v) is 10.1. The van der Waals surface area contributed by atoms with Crippen molar-refractivity contribution in [2.45, 2.75) is 77.0 Å².